The van der Waals surface area contributed by atoms with Gasteiger partial charge in [0.1, 0.15) is 0 Å². The van der Waals surface area contributed by atoms with Gasteiger partial charge in [-0.15, -0.1) is 0 Å². The lowest BCUT2D eigenvalue weighted by Gasteiger charge is -2.39. The Morgan fingerprint density at radius 2 is 2.00 bits per heavy atom. The molecule has 1 atom stereocenters. The molecule has 1 fully saturated rings. The Balaban J connectivity index is 2.00. The largest absolute Gasteiger partial charge is 0.373 e. The fourth-order valence-electron chi connectivity index (χ4n) is 1.94. The topological polar surface area (TPSA) is 21.3 Å². The van der Waals surface area contributed by atoms with E-state index in [4.69, 9.17) is 4.74 Å². The van der Waals surface area contributed by atoms with Gasteiger partial charge < -0.3 is 10.1 Å². The van der Waals surface area contributed by atoms with Crippen molar-refractivity contribution in [3.05, 3.63) is 0 Å². The lowest BCUT2D eigenvalue weighted by molar-refractivity contribution is -0.102. The summed E-state index contributed by atoms with van der Waals surface area (Å²) in [5.74, 6) is 0. The highest BCUT2D eigenvalue weighted by Gasteiger charge is 2.32. The van der Waals surface area contributed by atoms with Crippen LogP contribution in [0.15, 0.2) is 0 Å². The van der Waals surface area contributed by atoms with E-state index in [-0.39, 0.29) is 5.60 Å². The Bertz CT molecular complexity index is 197. The van der Waals surface area contributed by atoms with E-state index in [1.165, 1.54) is 19.3 Å². The van der Waals surface area contributed by atoms with Crippen LogP contribution >= 0.6 is 11.8 Å². The molecule has 1 aliphatic carbocycles. The first-order valence-electron chi connectivity index (χ1n) is 6.34. The summed E-state index contributed by atoms with van der Waals surface area (Å²) in [6.45, 7) is 9.84. The standard InChI is InChI=1S/C13H27NOS/c1-10(16-5)6-7-14-11-8-12(9-11)15-13(2,3)4/h10-12,14H,6-9H2,1-5H3. The van der Waals surface area contributed by atoms with Crippen molar-refractivity contribution in [2.45, 2.75) is 70.0 Å². The second kappa shape index (κ2) is 6.27. The second-order valence-electron chi connectivity index (χ2n) is 5.81. The van der Waals surface area contributed by atoms with E-state index in [1.54, 1.807) is 0 Å². The van der Waals surface area contributed by atoms with E-state index >= 15 is 0 Å². The van der Waals surface area contributed by atoms with Crippen molar-refractivity contribution in [2.75, 3.05) is 12.8 Å². The number of hydrogen-bond donors (Lipinski definition) is 1. The van der Waals surface area contributed by atoms with Crippen LogP contribution in [0, 0.1) is 0 Å². The molecular formula is C13H27NOS. The predicted molar refractivity (Wildman–Crippen MR) is 73.2 cm³/mol. The maximum absolute atomic E-state index is 5.91. The van der Waals surface area contributed by atoms with Gasteiger partial charge >= 0.3 is 0 Å². The molecular weight excluding hydrogens is 218 g/mol. The molecule has 96 valence electrons. The van der Waals surface area contributed by atoms with Crippen molar-refractivity contribution >= 4 is 11.8 Å². The Morgan fingerprint density at radius 1 is 1.38 bits per heavy atom. The smallest absolute Gasteiger partial charge is 0.0612 e. The van der Waals surface area contributed by atoms with Crippen LogP contribution in [0.4, 0.5) is 0 Å². The SMILES string of the molecule is CSC(C)CCNC1CC(OC(C)(C)C)C1. The normalized spacial score (nSPS) is 27.6. The van der Waals surface area contributed by atoms with Crippen LogP contribution in [0.1, 0.15) is 47.0 Å². The molecule has 0 aliphatic heterocycles. The summed E-state index contributed by atoms with van der Waals surface area (Å²) in [5.41, 5.74) is 0.0169. The van der Waals surface area contributed by atoms with Gasteiger partial charge in [0, 0.05) is 11.3 Å². The first-order chi connectivity index (χ1) is 7.40. The van der Waals surface area contributed by atoms with E-state index in [0.717, 1.165) is 11.8 Å². The van der Waals surface area contributed by atoms with E-state index in [0.29, 0.717) is 12.1 Å². The van der Waals surface area contributed by atoms with E-state index in [1.807, 2.05) is 11.8 Å². The van der Waals surface area contributed by atoms with Crippen LogP contribution in [0.25, 0.3) is 0 Å². The van der Waals surface area contributed by atoms with Crippen molar-refractivity contribution in [3.8, 4) is 0 Å². The quantitative estimate of drug-likeness (QED) is 0.777. The first kappa shape index (κ1) is 14.3. The van der Waals surface area contributed by atoms with Crippen molar-refractivity contribution in [1.82, 2.24) is 5.32 Å². The molecule has 1 unspecified atom stereocenters. The molecule has 1 rings (SSSR count). The number of rotatable bonds is 6. The third kappa shape index (κ3) is 5.55. The summed E-state index contributed by atoms with van der Waals surface area (Å²) in [4.78, 5) is 0. The molecule has 0 aromatic rings. The van der Waals surface area contributed by atoms with Gasteiger partial charge in [-0.3, -0.25) is 0 Å². The molecule has 0 radical (unpaired) electrons. The van der Waals surface area contributed by atoms with Gasteiger partial charge in [0.05, 0.1) is 11.7 Å². The maximum Gasteiger partial charge on any atom is 0.0612 e. The van der Waals surface area contributed by atoms with Crippen molar-refractivity contribution in [2.24, 2.45) is 0 Å². The van der Waals surface area contributed by atoms with Crippen molar-refractivity contribution < 1.29 is 4.74 Å². The third-order valence-electron chi connectivity index (χ3n) is 3.00. The number of thioether (sulfide) groups is 1. The van der Waals surface area contributed by atoms with Crippen LogP contribution in [0.3, 0.4) is 0 Å². The van der Waals surface area contributed by atoms with Gasteiger partial charge in [0.15, 0.2) is 0 Å². The molecule has 0 amide bonds. The number of ether oxygens (including phenoxy) is 1. The van der Waals surface area contributed by atoms with Crippen LogP contribution in [0.2, 0.25) is 0 Å². The predicted octanol–water partition coefficient (Wildman–Crippen LogP) is 3.06. The van der Waals surface area contributed by atoms with Crippen molar-refractivity contribution in [1.29, 1.82) is 0 Å². The van der Waals surface area contributed by atoms with Crippen LogP contribution in [-0.2, 0) is 4.74 Å². The van der Waals surface area contributed by atoms with Crippen LogP contribution < -0.4 is 5.32 Å². The highest BCUT2D eigenvalue weighted by molar-refractivity contribution is 7.99. The monoisotopic (exact) mass is 245 g/mol. The molecule has 0 saturated heterocycles. The minimum atomic E-state index is 0.0169. The van der Waals surface area contributed by atoms with Gasteiger partial charge in [0.2, 0.25) is 0 Å². The summed E-state index contributed by atoms with van der Waals surface area (Å²) in [6, 6.07) is 0.696. The van der Waals surface area contributed by atoms with E-state index in [2.05, 4.69) is 39.3 Å². The van der Waals surface area contributed by atoms with Crippen LogP contribution in [-0.4, -0.2) is 35.8 Å². The molecule has 0 bridgehead atoms. The molecule has 16 heavy (non-hydrogen) atoms. The molecule has 3 heteroatoms. The summed E-state index contributed by atoms with van der Waals surface area (Å²) < 4.78 is 5.91. The van der Waals surface area contributed by atoms with Gasteiger partial charge in [-0.2, -0.15) is 11.8 Å². The lowest BCUT2D eigenvalue weighted by Crippen LogP contribution is -2.48. The average molecular weight is 245 g/mol. The zero-order chi connectivity index (χ0) is 12.2. The highest BCUT2D eigenvalue weighted by Crippen LogP contribution is 2.27. The minimum absolute atomic E-state index is 0.0169. The molecule has 0 aromatic carbocycles. The summed E-state index contributed by atoms with van der Waals surface area (Å²) in [6.07, 6.45) is 6.30. The summed E-state index contributed by atoms with van der Waals surface area (Å²) in [7, 11) is 0. The molecule has 1 N–H and O–H groups in total. The zero-order valence-electron chi connectivity index (χ0n) is 11.4. The molecule has 0 aromatic heterocycles. The lowest BCUT2D eigenvalue weighted by atomic mass is 9.88. The first-order valence-corrected chi connectivity index (χ1v) is 7.63. The summed E-state index contributed by atoms with van der Waals surface area (Å²) >= 11 is 1.95. The zero-order valence-corrected chi connectivity index (χ0v) is 12.2. The Morgan fingerprint density at radius 3 is 2.50 bits per heavy atom. The molecule has 1 saturated carbocycles. The fraction of sp³-hybridized carbons (Fsp3) is 1.00. The third-order valence-corrected chi connectivity index (χ3v) is 4.04. The van der Waals surface area contributed by atoms with E-state index in [9.17, 15) is 0 Å². The minimum Gasteiger partial charge on any atom is -0.373 e. The number of hydrogen-bond acceptors (Lipinski definition) is 3. The fourth-order valence-corrected chi connectivity index (χ4v) is 2.29. The van der Waals surface area contributed by atoms with Gasteiger partial charge in [-0.25, -0.2) is 0 Å². The molecule has 0 spiro atoms. The average Bonchev–Trinajstić information content (AvgIpc) is 2.11. The van der Waals surface area contributed by atoms with Crippen LogP contribution in [0.5, 0.6) is 0 Å². The van der Waals surface area contributed by atoms with Gasteiger partial charge in [0.25, 0.3) is 0 Å². The van der Waals surface area contributed by atoms with Crippen molar-refractivity contribution in [3.63, 3.8) is 0 Å². The Hall–Kier alpha value is 0.270. The second-order valence-corrected chi connectivity index (χ2v) is 7.09. The Labute approximate surface area is 105 Å². The summed E-state index contributed by atoms with van der Waals surface area (Å²) in [5, 5.41) is 4.38. The van der Waals surface area contributed by atoms with E-state index < -0.39 is 0 Å². The molecule has 2 nitrogen and oxygen atoms in total. The molecule has 1 aliphatic rings. The maximum atomic E-state index is 5.91. The highest BCUT2D eigenvalue weighted by atomic mass is 32.2. The Kier molecular flexibility index (Phi) is 5.62. The van der Waals surface area contributed by atoms with Gasteiger partial charge in [-0.05, 0) is 52.8 Å². The molecule has 0 heterocycles. The number of nitrogens with one attached hydrogen (secondary N) is 1. The van der Waals surface area contributed by atoms with Gasteiger partial charge in [-0.1, -0.05) is 6.92 Å².